The Bertz CT molecular complexity index is 364. The van der Waals surface area contributed by atoms with Crippen LogP contribution in [0.4, 0.5) is 0 Å². The minimum atomic E-state index is -0.0343. The Labute approximate surface area is 103 Å². The number of hydrogen-bond acceptors (Lipinski definition) is 2. The summed E-state index contributed by atoms with van der Waals surface area (Å²) in [4.78, 5) is 2.56. The molecule has 1 aromatic carbocycles. The van der Waals surface area contributed by atoms with Crippen LogP contribution in [-0.4, -0.2) is 29.2 Å². The molecular formula is C15H21NO. The predicted molar refractivity (Wildman–Crippen MR) is 68.6 cm³/mol. The molecule has 1 saturated heterocycles. The summed E-state index contributed by atoms with van der Waals surface area (Å²) in [5.74, 6) is 1.57. The van der Waals surface area contributed by atoms with E-state index < -0.39 is 0 Å². The van der Waals surface area contributed by atoms with Gasteiger partial charge in [-0.25, -0.2) is 0 Å². The van der Waals surface area contributed by atoms with E-state index in [-0.39, 0.29) is 6.10 Å². The van der Waals surface area contributed by atoms with E-state index in [1.54, 1.807) is 0 Å². The standard InChI is InChI=1S/C15H21NO/c17-15-7-6-13-10-16(11-14(13)8-15)9-12-4-2-1-3-5-12/h1-5,13-15,17H,6-11H2. The van der Waals surface area contributed by atoms with Crippen molar-refractivity contribution in [2.24, 2.45) is 11.8 Å². The Kier molecular flexibility index (Phi) is 3.17. The summed E-state index contributed by atoms with van der Waals surface area (Å²) in [6.07, 6.45) is 3.22. The first-order valence-electron chi connectivity index (χ1n) is 6.75. The minimum absolute atomic E-state index is 0.0343. The van der Waals surface area contributed by atoms with Gasteiger partial charge in [-0.1, -0.05) is 30.3 Å². The maximum absolute atomic E-state index is 9.71. The zero-order chi connectivity index (χ0) is 11.7. The van der Waals surface area contributed by atoms with Crippen LogP contribution in [0.3, 0.4) is 0 Å². The molecule has 2 aliphatic rings. The molecule has 92 valence electrons. The van der Waals surface area contributed by atoms with Crippen molar-refractivity contribution in [3.05, 3.63) is 35.9 Å². The highest BCUT2D eigenvalue weighted by Crippen LogP contribution is 2.36. The second-order valence-electron chi connectivity index (χ2n) is 5.67. The van der Waals surface area contributed by atoms with Crippen molar-refractivity contribution < 1.29 is 5.11 Å². The van der Waals surface area contributed by atoms with E-state index in [4.69, 9.17) is 0 Å². The molecule has 0 aromatic heterocycles. The van der Waals surface area contributed by atoms with Gasteiger partial charge in [0.25, 0.3) is 0 Å². The highest BCUT2D eigenvalue weighted by molar-refractivity contribution is 5.14. The number of fused-ring (bicyclic) bond motifs is 1. The molecule has 0 radical (unpaired) electrons. The molecule has 3 atom stereocenters. The Morgan fingerprint density at radius 2 is 1.82 bits per heavy atom. The number of nitrogens with zero attached hydrogens (tertiary/aromatic N) is 1. The van der Waals surface area contributed by atoms with Crippen molar-refractivity contribution in [2.45, 2.75) is 31.9 Å². The molecule has 1 aliphatic carbocycles. The number of hydrogen-bond donors (Lipinski definition) is 1. The van der Waals surface area contributed by atoms with Crippen molar-refractivity contribution >= 4 is 0 Å². The molecule has 2 nitrogen and oxygen atoms in total. The first-order chi connectivity index (χ1) is 8.31. The third kappa shape index (κ3) is 2.53. The van der Waals surface area contributed by atoms with E-state index in [0.29, 0.717) is 0 Å². The van der Waals surface area contributed by atoms with E-state index in [1.807, 2.05) is 0 Å². The smallest absolute Gasteiger partial charge is 0.0543 e. The second kappa shape index (κ2) is 4.79. The van der Waals surface area contributed by atoms with Crippen LogP contribution in [0.2, 0.25) is 0 Å². The molecule has 1 saturated carbocycles. The average molecular weight is 231 g/mol. The van der Waals surface area contributed by atoms with Crippen LogP contribution in [0, 0.1) is 11.8 Å². The molecule has 2 heteroatoms. The summed E-state index contributed by atoms with van der Waals surface area (Å²) in [5, 5.41) is 9.71. The van der Waals surface area contributed by atoms with Gasteiger partial charge in [-0.2, -0.15) is 0 Å². The predicted octanol–water partition coefficient (Wildman–Crippen LogP) is 2.28. The summed E-state index contributed by atoms with van der Waals surface area (Å²) in [6.45, 7) is 3.48. The van der Waals surface area contributed by atoms with E-state index >= 15 is 0 Å². The largest absolute Gasteiger partial charge is 0.393 e. The van der Waals surface area contributed by atoms with Gasteiger partial charge in [0, 0.05) is 19.6 Å². The monoisotopic (exact) mass is 231 g/mol. The molecule has 0 bridgehead atoms. The Balaban J connectivity index is 1.60. The molecule has 0 spiro atoms. The lowest BCUT2D eigenvalue weighted by atomic mass is 9.80. The molecule has 1 aromatic rings. The van der Waals surface area contributed by atoms with E-state index in [1.165, 1.54) is 25.1 Å². The molecule has 1 N–H and O–H groups in total. The Morgan fingerprint density at radius 1 is 1.06 bits per heavy atom. The topological polar surface area (TPSA) is 23.5 Å². The number of aliphatic hydroxyl groups is 1. The zero-order valence-corrected chi connectivity index (χ0v) is 10.3. The molecule has 2 fully saturated rings. The summed E-state index contributed by atoms with van der Waals surface area (Å²) < 4.78 is 0. The van der Waals surface area contributed by atoms with Crippen LogP contribution >= 0.6 is 0 Å². The maximum atomic E-state index is 9.71. The number of aliphatic hydroxyl groups excluding tert-OH is 1. The molecule has 0 amide bonds. The molecule has 3 rings (SSSR count). The van der Waals surface area contributed by atoms with Gasteiger partial charge in [-0.3, -0.25) is 4.90 Å². The molecule has 3 unspecified atom stereocenters. The number of benzene rings is 1. The van der Waals surface area contributed by atoms with Gasteiger partial charge in [-0.15, -0.1) is 0 Å². The minimum Gasteiger partial charge on any atom is -0.393 e. The lowest BCUT2D eigenvalue weighted by Gasteiger charge is -2.27. The van der Waals surface area contributed by atoms with Gasteiger partial charge in [0.1, 0.15) is 0 Å². The SMILES string of the molecule is OC1CCC2CN(Cc3ccccc3)CC2C1. The zero-order valence-electron chi connectivity index (χ0n) is 10.3. The van der Waals surface area contributed by atoms with Gasteiger partial charge in [0.15, 0.2) is 0 Å². The third-order valence-corrected chi connectivity index (χ3v) is 4.35. The molecule has 1 aliphatic heterocycles. The van der Waals surface area contributed by atoms with Crippen molar-refractivity contribution in [1.82, 2.24) is 4.90 Å². The summed E-state index contributed by atoms with van der Waals surface area (Å²) >= 11 is 0. The average Bonchev–Trinajstić information content (AvgIpc) is 2.71. The van der Waals surface area contributed by atoms with E-state index in [0.717, 1.165) is 31.2 Å². The van der Waals surface area contributed by atoms with Crippen molar-refractivity contribution in [2.75, 3.05) is 13.1 Å². The third-order valence-electron chi connectivity index (χ3n) is 4.35. The number of likely N-dealkylation sites (tertiary alicyclic amines) is 1. The highest BCUT2D eigenvalue weighted by Gasteiger charge is 2.36. The van der Waals surface area contributed by atoms with Gasteiger partial charge in [-0.05, 0) is 36.7 Å². The van der Waals surface area contributed by atoms with Gasteiger partial charge in [0.2, 0.25) is 0 Å². The van der Waals surface area contributed by atoms with Crippen LogP contribution in [0.5, 0.6) is 0 Å². The second-order valence-corrected chi connectivity index (χ2v) is 5.67. The van der Waals surface area contributed by atoms with Crippen molar-refractivity contribution in [1.29, 1.82) is 0 Å². The van der Waals surface area contributed by atoms with E-state index in [9.17, 15) is 5.11 Å². The first kappa shape index (κ1) is 11.2. The van der Waals surface area contributed by atoms with Crippen molar-refractivity contribution in [3.63, 3.8) is 0 Å². The van der Waals surface area contributed by atoms with Crippen LogP contribution in [-0.2, 0) is 6.54 Å². The Hall–Kier alpha value is -0.860. The molecule has 17 heavy (non-hydrogen) atoms. The van der Waals surface area contributed by atoms with Gasteiger partial charge in [0.05, 0.1) is 6.10 Å². The molecular weight excluding hydrogens is 210 g/mol. The fourth-order valence-electron chi connectivity index (χ4n) is 3.47. The molecule has 1 heterocycles. The van der Waals surface area contributed by atoms with Crippen LogP contribution in [0.25, 0.3) is 0 Å². The quantitative estimate of drug-likeness (QED) is 0.844. The van der Waals surface area contributed by atoms with Gasteiger partial charge < -0.3 is 5.11 Å². The first-order valence-corrected chi connectivity index (χ1v) is 6.75. The highest BCUT2D eigenvalue weighted by atomic mass is 16.3. The fourth-order valence-corrected chi connectivity index (χ4v) is 3.47. The fraction of sp³-hybridized carbons (Fsp3) is 0.600. The Morgan fingerprint density at radius 3 is 2.65 bits per heavy atom. The summed E-state index contributed by atoms with van der Waals surface area (Å²) in [7, 11) is 0. The van der Waals surface area contributed by atoms with Crippen LogP contribution in [0.15, 0.2) is 30.3 Å². The van der Waals surface area contributed by atoms with Crippen molar-refractivity contribution in [3.8, 4) is 0 Å². The summed E-state index contributed by atoms with van der Waals surface area (Å²) in [6, 6.07) is 10.7. The van der Waals surface area contributed by atoms with Gasteiger partial charge >= 0.3 is 0 Å². The number of rotatable bonds is 2. The maximum Gasteiger partial charge on any atom is 0.0543 e. The normalized spacial score (nSPS) is 33.6. The van der Waals surface area contributed by atoms with Crippen LogP contribution in [0.1, 0.15) is 24.8 Å². The summed E-state index contributed by atoms with van der Waals surface area (Å²) in [5.41, 5.74) is 1.41. The lowest BCUT2D eigenvalue weighted by molar-refractivity contribution is 0.0865. The lowest BCUT2D eigenvalue weighted by Crippen LogP contribution is -2.26. The van der Waals surface area contributed by atoms with E-state index in [2.05, 4.69) is 35.2 Å². The van der Waals surface area contributed by atoms with Crippen LogP contribution < -0.4 is 0 Å².